The molecule has 0 N–H and O–H groups in total. The molecule has 1 aliphatic carbocycles. The van der Waals surface area contributed by atoms with Gasteiger partial charge < -0.3 is 0 Å². The average molecular weight is 205 g/mol. The van der Waals surface area contributed by atoms with Crippen LogP contribution in [0.2, 0.25) is 0 Å². The Morgan fingerprint density at radius 1 is 0.933 bits per heavy atom. The summed E-state index contributed by atoms with van der Waals surface area (Å²) in [4.78, 5) is 0. The first-order valence-electron chi connectivity index (χ1n) is 6.45. The van der Waals surface area contributed by atoms with E-state index in [0.29, 0.717) is 0 Å². The molecule has 85 valence electrons. The Labute approximate surface area is 95.5 Å². The molecule has 0 saturated carbocycles. The van der Waals surface area contributed by atoms with Crippen LogP contribution in [0.4, 0.5) is 0 Å². The number of allylic oxidation sites excluding steroid dienone is 4. The topological polar surface area (TPSA) is 0 Å². The summed E-state index contributed by atoms with van der Waals surface area (Å²) in [6, 6.07) is 0. The molecule has 0 heteroatoms. The summed E-state index contributed by atoms with van der Waals surface area (Å²) in [6.45, 7) is 9.08. The first kappa shape index (κ1) is 12.5. The molecule has 15 heavy (non-hydrogen) atoms. The predicted octanol–water partition coefficient (Wildman–Crippen LogP) is 5.22. The second-order valence-electron chi connectivity index (χ2n) is 4.66. The zero-order chi connectivity index (χ0) is 11.3. The van der Waals surface area contributed by atoms with Crippen molar-refractivity contribution in [2.75, 3.05) is 0 Å². The Bertz CT molecular complexity index is 255. The van der Waals surface area contributed by atoms with Gasteiger partial charge in [-0.05, 0) is 33.1 Å². The summed E-state index contributed by atoms with van der Waals surface area (Å²) in [5, 5.41) is 0. The fourth-order valence-electron chi connectivity index (χ4n) is 2.23. The fraction of sp³-hybridized carbons (Fsp3) is 0.667. The third-order valence-electron chi connectivity index (χ3n) is 3.40. The highest BCUT2D eigenvalue weighted by molar-refractivity contribution is 5.53. The summed E-state index contributed by atoms with van der Waals surface area (Å²) in [7, 11) is 0. The van der Waals surface area contributed by atoms with Crippen molar-refractivity contribution >= 4 is 0 Å². The predicted molar refractivity (Wildman–Crippen MR) is 68.8 cm³/mol. The Balaban J connectivity index is 2.58. The average Bonchev–Trinajstić information content (AvgIpc) is 2.50. The molecule has 0 spiro atoms. The minimum Gasteiger partial charge on any atom is -0.0654 e. The van der Waals surface area contributed by atoms with Gasteiger partial charge in [-0.1, -0.05) is 55.9 Å². The lowest BCUT2D eigenvalue weighted by Gasteiger charge is -2.16. The van der Waals surface area contributed by atoms with Crippen molar-refractivity contribution in [2.24, 2.45) is 0 Å². The zero-order valence-electron chi connectivity index (χ0n) is 10.8. The van der Waals surface area contributed by atoms with Crippen molar-refractivity contribution in [3.05, 3.63) is 28.7 Å². The third kappa shape index (κ3) is 3.22. The van der Waals surface area contributed by atoms with Crippen molar-refractivity contribution in [1.29, 1.82) is 0 Å². The van der Waals surface area contributed by atoms with Gasteiger partial charge in [0.15, 0.2) is 0 Å². The zero-order valence-corrected chi connectivity index (χ0v) is 10.8. The van der Waals surface area contributed by atoms with Crippen LogP contribution >= 0.6 is 0 Å². The van der Waals surface area contributed by atoms with Crippen molar-refractivity contribution in [2.45, 2.75) is 66.2 Å². The minimum atomic E-state index is 1.28. The molecular formula is C15H25. The summed E-state index contributed by atoms with van der Waals surface area (Å²) < 4.78 is 0. The fourth-order valence-corrected chi connectivity index (χ4v) is 2.23. The van der Waals surface area contributed by atoms with Crippen LogP contribution < -0.4 is 0 Å². The highest BCUT2D eigenvalue weighted by Gasteiger charge is 2.22. The molecule has 1 radical (unpaired) electrons. The maximum absolute atomic E-state index is 2.41. The van der Waals surface area contributed by atoms with Crippen LogP contribution in [-0.4, -0.2) is 0 Å². The summed E-state index contributed by atoms with van der Waals surface area (Å²) >= 11 is 0. The molecule has 0 aromatic heterocycles. The molecular weight excluding hydrogens is 180 g/mol. The van der Waals surface area contributed by atoms with Gasteiger partial charge in [-0.3, -0.25) is 0 Å². The van der Waals surface area contributed by atoms with E-state index in [0.717, 1.165) is 0 Å². The van der Waals surface area contributed by atoms with E-state index in [4.69, 9.17) is 0 Å². The van der Waals surface area contributed by atoms with Gasteiger partial charge in [0.25, 0.3) is 0 Å². The summed E-state index contributed by atoms with van der Waals surface area (Å²) in [5.41, 5.74) is 4.67. The molecule has 0 heterocycles. The Kier molecular flexibility index (Phi) is 5.14. The van der Waals surface area contributed by atoms with E-state index < -0.39 is 0 Å². The quantitative estimate of drug-likeness (QED) is 0.558. The lowest BCUT2D eigenvalue weighted by atomic mass is 9.88. The molecule has 1 rings (SSSR count). The first-order chi connectivity index (χ1) is 7.20. The van der Waals surface area contributed by atoms with Gasteiger partial charge in [0.1, 0.15) is 0 Å². The van der Waals surface area contributed by atoms with Crippen LogP contribution in [0, 0.1) is 5.92 Å². The molecule has 0 bridgehead atoms. The molecule has 0 fully saturated rings. The molecule has 0 aromatic carbocycles. The van der Waals surface area contributed by atoms with Crippen LogP contribution in [0.15, 0.2) is 22.8 Å². The minimum absolute atomic E-state index is 1.28. The molecule has 0 aliphatic heterocycles. The summed E-state index contributed by atoms with van der Waals surface area (Å²) in [5.74, 6) is 1.66. The molecule has 0 nitrogen and oxygen atoms in total. The largest absolute Gasteiger partial charge is 0.0654 e. The van der Waals surface area contributed by atoms with Gasteiger partial charge in [-0.25, -0.2) is 0 Å². The van der Waals surface area contributed by atoms with Gasteiger partial charge in [0, 0.05) is 5.92 Å². The van der Waals surface area contributed by atoms with E-state index >= 15 is 0 Å². The third-order valence-corrected chi connectivity index (χ3v) is 3.40. The second kappa shape index (κ2) is 6.15. The smallest absolute Gasteiger partial charge is 0.0257 e. The monoisotopic (exact) mass is 205 g/mol. The van der Waals surface area contributed by atoms with Crippen LogP contribution in [0.1, 0.15) is 66.2 Å². The van der Waals surface area contributed by atoms with E-state index in [1.807, 2.05) is 0 Å². The van der Waals surface area contributed by atoms with Crippen molar-refractivity contribution in [3.8, 4) is 0 Å². The molecule has 1 aliphatic rings. The first-order valence-corrected chi connectivity index (χ1v) is 6.45. The Morgan fingerprint density at radius 3 is 2.13 bits per heavy atom. The lowest BCUT2D eigenvalue weighted by Crippen LogP contribution is -2.00. The van der Waals surface area contributed by atoms with Crippen molar-refractivity contribution < 1.29 is 0 Å². The van der Waals surface area contributed by atoms with Gasteiger partial charge >= 0.3 is 0 Å². The van der Waals surface area contributed by atoms with Gasteiger partial charge in [-0.15, -0.1) is 0 Å². The van der Waals surface area contributed by atoms with Crippen LogP contribution in [0.5, 0.6) is 0 Å². The van der Waals surface area contributed by atoms with Crippen molar-refractivity contribution in [3.63, 3.8) is 0 Å². The standard InChI is InChI=1S/C15H25/c1-5-7-9-14-11-12(3)13(4)15(14)10-8-6-2/h11H,5-10H2,1-4H3. The van der Waals surface area contributed by atoms with Gasteiger partial charge in [0.2, 0.25) is 0 Å². The Morgan fingerprint density at radius 2 is 1.53 bits per heavy atom. The highest BCUT2D eigenvalue weighted by atomic mass is 14.3. The normalized spacial score (nSPS) is 17.5. The van der Waals surface area contributed by atoms with Gasteiger partial charge in [-0.2, -0.15) is 0 Å². The van der Waals surface area contributed by atoms with E-state index in [1.165, 1.54) is 44.1 Å². The highest BCUT2D eigenvalue weighted by Crippen LogP contribution is 2.39. The number of unbranched alkanes of at least 4 members (excludes halogenated alkanes) is 2. The van der Waals surface area contributed by atoms with E-state index in [2.05, 4.69) is 33.8 Å². The van der Waals surface area contributed by atoms with Crippen LogP contribution in [-0.2, 0) is 0 Å². The second-order valence-corrected chi connectivity index (χ2v) is 4.66. The van der Waals surface area contributed by atoms with E-state index in [1.54, 1.807) is 17.1 Å². The van der Waals surface area contributed by atoms with Crippen LogP contribution in [0.25, 0.3) is 0 Å². The molecule has 0 saturated heterocycles. The number of hydrogen-bond donors (Lipinski definition) is 0. The SMILES string of the molecule is CCCC[C]1C(CCCC)=CC(C)=C1C. The van der Waals surface area contributed by atoms with Gasteiger partial charge in [0.05, 0.1) is 0 Å². The maximum atomic E-state index is 2.41. The van der Waals surface area contributed by atoms with E-state index in [-0.39, 0.29) is 0 Å². The number of hydrogen-bond acceptors (Lipinski definition) is 0. The Hall–Kier alpha value is -0.520. The lowest BCUT2D eigenvalue weighted by molar-refractivity contribution is 0.715. The molecule has 0 atom stereocenters. The maximum Gasteiger partial charge on any atom is 0.0257 e. The molecule has 0 aromatic rings. The van der Waals surface area contributed by atoms with E-state index in [9.17, 15) is 0 Å². The summed E-state index contributed by atoms with van der Waals surface area (Å²) in [6.07, 6.45) is 10.3. The molecule has 0 unspecified atom stereocenters. The number of rotatable bonds is 6. The molecule has 0 amide bonds. The van der Waals surface area contributed by atoms with Crippen LogP contribution in [0.3, 0.4) is 0 Å². The van der Waals surface area contributed by atoms with Crippen molar-refractivity contribution in [1.82, 2.24) is 0 Å².